The van der Waals surface area contributed by atoms with E-state index in [1.165, 1.54) is 12.4 Å². The van der Waals surface area contributed by atoms with Gasteiger partial charge in [-0.25, -0.2) is 0 Å². The fourth-order valence-corrected chi connectivity index (χ4v) is 4.18. The number of amides is 1. The average molecular weight is 494 g/mol. The van der Waals surface area contributed by atoms with Crippen LogP contribution in [0, 0.1) is 0 Å². The Labute approximate surface area is 198 Å². The highest BCUT2D eigenvalue weighted by Gasteiger charge is 2.32. The minimum atomic E-state index is -4.52. The average Bonchev–Trinajstić information content (AvgIpc) is 3.31. The van der Waals surface area contributed by atoms with Gasteiger partial charge in [0, 0.05) is 18.8 Å². The Balaban J connectivity index is 1.48. The van der Waals surface area contributed by atoms with Crippen molar-refractivity contribution in [2.45, 2.75) is 11.3 Å². The van der Waals surface area contributed by atoms with E-state index in [1.807, 2.05) is 17.0 Å². The molecule has 8 nitrogen and oxygen atoms in total. The van der Waals surface area contributed by atoms with Gasteiger partial charge in [-0.2, -0.15) is 13.2 Å². The van der Waals surface area contributed by atoms with Crippen LogP contribution in [0.15, 0.2) is 53.9 Å². The number of morpholine rings is 1. The van der Waals surface area contributed by atoms with E-state index in [-0.39, 0.29) is 11.4 Å². The van der Waals surface area contributed by atoms with Crippen molar-refractivity contribution < 1.29 is 27.4 Å². The third-order valence-corrected chi connectivity index (χ3v) is 6.09. The van der Waals surface area contributed by atoms with Gasteiger partial charge in [-0.05, 0) is 42.5 Å². The number of benzene rings is 2. The van der Waals surface area contributed by atoms with Crippen LogP contribution in [0.3, 0.4) is 0 Å². The Kier molecular flexibility index (Phi) is 7.27. The molecule has 12 heteroatoms. The molecule has 0 spiro atoms. The fraction of sp³-hybridized carbons (Fsp3) is 0.318. The first-order chi connectivity index (χ1) is 16.3. The number of methoxy groups -OCH3 is 1. The molecule has 0 saturated carbocycles. The summed E-state index contributed by atoms with van der Waals surface area (Å²) in [6.07, 6.45) is -3.00. The predicted molar refractivity (Wildman–Crippen MR) is 122 cm³/mol. The molecule has 1 saturated heterocycles. The van der Waals surface area contributed by atoms with Crippen LogP contribution in [-0.2, 0) is 15.7 Å². The highest BCUT2D eigenvalue weighted by molar-refractivity contribution is 7.99. The molecule has 1 aromatic heterocycles. The van der Waals surface area contributed by atoms with Gasteiger partial charge in [0.1, 0.15) is 12.1 Å². The molecule has 2 aromatic carbocycles. The topological polar surface area (TPSA) is 81.5 Å². The van der Waals surface area contributed by atoms with Crippen molar-refractivity contribution in [3.63, 3.8) is 0 Å². The molecule has 34 heavy (non-hydrogen) atoms. The number of anilines is 2. The fourth-order valence-electron chi connectivity index (χ4n) is 3.45. The molecule has 180 valence electrons. The van der Waals surface area contributed by atoms with Crippen molar-refractivity contribution in [3.05, 3.63) is 54.4 Å². The van der Waals surface area contributed by atoms with Gasteiger partial charge in [0.05, 0.1) is 43.0 Å². The minimum Gasteiger partial charge on any atom is -0.497 e. The molecule has 2 heterocycles. The van der Waals surface area contributed by atoms with Gasteiger partial charge >= 0.3 is 6.18 Å². The molecule has 0 bridgehead atoms. The largest absolute Gasteiger partial charge is 0.497 e. The molecule has 0 unspecified atom stereocenters. The first-order valence-corrected chi connectivity index (χ1v) is 11.3. The lowest BCUT2D eigenvalue weighted by atomic mass is 10.1. The quantitative estimate of drug-likeness (QED) is 0.501. The number of nitrogens with one attached hydrogen (secondary N) is 1. The number of hydrogen-bond donors (Lipinski definition) is 1. The van der Waals surface area contributed by atoms with Gasteiger partial charge in [0.2, 0.25) is 5.91 Å². The minimum absolute atomic E-state index is 0.0619. The standard InChI is InChI=1S/C22H22F3N5O3S/c1-32-17-5-3-16(4-6-17)30-14-26-28-21(30)34-13-20(31)27-18-12-15(22(23,24)25)2-7-19(18)29-8-10-33-11-9-29/h2-7,12,14H,8-11,13H2,1H3,(H,27,31). The van der Waals surface area contributed by atoms with E-state index in [1.54, 1.807) is 23.8 Å². The number of thioether (sulfide) groups is 1. The molecule has 0 aliphatic carbocycles. The molecular formula is C22H22F3N5O3S. The second kappa shape index (κ2) is 10.3. The Bertz CT molecular complexity index is 1130. The van der Waals surface area contributed by atoms with Gasteiger partial charge < -0.3 is 19.7 Å². The summed E-state index contributed by atoms with van der Waals surface area (Å²) in [4.78, 5) is 14.6. The lowest BCUT2D eigenvalue weighted by molar-refractivity contribution is -0.137. The van der Waals surface area contributed by atoms with E-state index in [9.17, 15) is 18.0 Å². The summed E-state index contributed by atoms with van der Waals surface area (Å²) in [6.45, 7) is 1.97. The van der Waals surface area contributed by atoms with Crippen LogP contribution in [-0.4, -0.2) is 59.8 Å². The second-order valence-corrected chi connectivity index (χ2v) is 8.29. The summed E-state index contributed by atoms with van der Waals surface area (Å²) in [6, 6.07) is 10.6. The van der Waals surface area contributed by atoms with E-state index >= 15 is 0 Å². The Hall–Kier alpha value is -3.25. The SMILES string of the molecule is COc1ccc(-n2cnnc2SCC(=O)Nc2cc(C(F)(F)F)ccc2N2CCOCC2)cc1. The molecule has 0 atom stereocenters. The highest BCUT2D eigenvalue weighted by atomic mass is 32.2. The van der Waals surface area contributed by atoms with Crippen LogP contribution in [0.25, 0.3) is 5.69 Å². The van der Waals surface area contributed by atoms with Gasteiger partial charge in [-0.15, -0.1) is 10.2 Å². The first-order valence-electron chi connectivity index (χ1n) is 10.4. The Morgan fingerprint density at radius 3 is 2.59 bits per heavy atom. The summed E-state index contributed by atoms with van der Waals surface area (Å²) in [5.41, 5.74) is 0.586. The van der Waals surface area contributed by atoms with E-state index in [2.05, 4.69) is 15.5 Å². The van der Waals surface area contributed by atoms with E-state index < -0.39 is 17.6 Å². The molecule has 3 aromatic rings. The predicted octanol–water partition coefficient (Wildman–Crippen LogP) is 3.86. The zero-order valence-corrected chi connectivity index (χ0v) is 19.0. The smallest absolute Gasteiger partial charge is 0.416 e. The van der Waals surface area contributed by atoms with Crippen molar-refractivity contribution in [2.75, 3.05) is 49.4 Å². The summed E-state index contributed by atoms with van der Waals surface area (Å²) in [5.74, 6) is 0.180. The number of halogens is 3. The van der Waals surface area contributed by atoms with Crippen molar-refractivity contribution in [1.29, 1.82) is 0 Å². The normalized spacial score (nSPS) is 14.2. The second-order valence-electron chi connectivity index (χ2n) is 7.35. The van der Waals surface area contributed by atoms with Gasteiger partial charge in [-0.3, -0.25) is 9.36 Å². The van der Waals surface area contributed by atoms with Crippen molar-refractivity contribution in [3.8, 4) is 11.4 Å². The van der Waals surface area contributed by atoms with Crippen molar-refractivity contribution in [1.82, 2.24) is 14.8 Å². The molecule has 4 rings (SSSR count). The number of hydrogen-bond acceptors (Lipinski definition) is 7. The summed E-state index contributed by atoms with van der Waals surface area (Å²) < 4.78 is 52.1. The highest BCUT2D eigenvalue weighted by Crippen LogP contribution is 2.36. The monoisotopic (exact) mass is 493 g/mol. The van der Waals surface area contributed by atoms with Gasteiger partial charge in [0.25, 0.3) is 0 Å². The number of aromatic nitrogens is 3. The third kappa shape index (κ3) is 5.62. The molecular weight excluding hydrogens is 471 g/mol. The van der Waals surface area contributed by atoms with Crippen LogP contribution >= 0.6 is 11.8 Å². The molecule has 1 aliphatic heterocycles. The maximum atomic E-state index is 13.3. The zero-order valence-electron chi connectivity index (χ0n) is 18.2. The molecule has 1 amide bonds. The molecule has 1 fully saturated rings. The molecule has 0 radical (unpaired) electrons. The van der Waals surface area contributed by atoms with Gasteiger partial charge in [-0.1, -0.05) is 11.8 Å². The van der Waals surface area contributed by atoms with Crippen LogP contribution in [0.1, 0.15) is 5.56 Å². The number of rotatable bonds is 7. The maximum absolute atomic E-state index is 13.3. The van der Waals surface area contributed by atoms with E-state index in [4.69, 9.17) is 9.47 Å². The van der Waals surface area contributed by atoms with Crippen LogP contribution in [0.4, 0.5) is 24.5 Å². The zero-order chi connectivity index (χ0) is 24.1. The number of alkyl halides is 3. The van der Waals surface area contributed by atoms with Crippen LogP contribution in [0.2, 0.25) is 0 Å². The molecule has 1 aliphatic rings. The summed E-state index contributed by atoms with van der Waals surface area (Å²) in [7, 11) is 1.57. The van der Waals surface area contributed by atoms with Gasteiger partial charge in [0.15, 0.2) is 5.16 Å². The third-order valence-electron chi connectivity index (χ3n) is 5.15. The lowest BCUT2D eigenvalue weighted by Crippen LogP contribution is -2.37. The Morgan fingerprint density at radius 1 is 1.18 bits per heavy atom. The first kappa shape index (κ1) is 23.9. The van der Waals surface area contributed by atoms with Crippen molar-refractivity contribution >= 4 is 29.0 Å². The number of carbonyl (C=O) groups is 1. The van der Waals surface area contributed by atoms with E-state index in [0.29, 0.717) is 42.9 Å². The maximum Gasteiger partial charge on any atom is 0.416 e. The summed E-state index contributed by atoms with van der Waals surface area (Å²) in [5, 5.41) is 11.1. The number of nitrogens with zero attached hydrogens (tertiary/aromatic N) is 4. The van der Waals surface area contributed by atoms with Crippen molar-refractivity contribution in [2.24, 2.45) is 0 Å². The lowest BCUT2D eigenvalue weighted by Gasteiger charge is -2.31. The number of carbonyl (C=O) groups excluding carboxylic acids is 1. The molecule has 1 N–H and O–H groups in total. The van der Waals surface area contributed by atoms with Crippen LogP contribution in [0.5, 0.6) is 5.75 Å². The Morgan fingerprint density at radius 2 is 1.91 bits per heavy atom. The summed E-state index contributed by atoms with van der Waals surface area (Å²) >= 11 is 1.13. The van der Waals surface area contributed by atoms with E-state index in [0.717, 1.165) is 29.6 Å². The number of ether oxygens (including phenoxy) is 2. The van der Waals surface area contributed by atoms with Crippen LogP contribution < -0.4 is 15.0 Å².